The van der Waals surface area contributed by atoms with E-state index in [-0.39, 0.29) is 29.9 Å². The smallest absolute Gasteiger partial charge is 0.236 e. The van der Waals surface area contributed by atoms with Crippen molar-refractivity contribution < 1.29 is 14.3 Å². The van der Waals surface area contributed by atoms with Crippen LogP contribution in [0.15, 0.2) is 4.99 Å². The van der Waals surface area contributed by atoms with Crippen molar-refractivity contribution in [2.75, 3.05) is 72.7 Å². The molecule has 3 atom stereocenters. The number of nitrogens with one attached hydrogen (secondary N) is 1. The van der Waals surface area contributed by atoms with E-state index in [1.54, 1.807) is 0 Å². The van der Waals surface area contributed by atoms with Crippen LogP contribution < -0.4 is 5.32 Å². The number of amides is 1. The number of morpholine rings is 1. The summed E-state index contributed by atoms with van der Waals surface area (Å²) in [6.07, 6.45) is 5.58. The molecule has 1 N–H and O–H groups in total. The van der Waals surface area contributed by atoms with Crippen molar-refractivity contribution in [2.24, 2.45) is 16.3 Å². The van der Waals surface area contributed by atoms with Gasteiger partial charge in [0.1, 0.15) is 0 Å². The first kappa shape index (κ1) is 22.5. The van der Waals surface area contributed by atoms with Crippen molar-refractivity contribution >= 4 is 35.8 Å². The second-order valence-corrected chi connectivity index (χ2v) is 9.26. The molecule has 3 saturated heterocycles. The minimum absolute atomic E-state index is 0. The van der Waals surface area contributed by atoms with E-state index in [4.69, 9.17) is 9.47 Å². The minimum Gasteiger partial charge on any atom is -0.378 e. The van der Waals surface area contributed by atoms with Gasteiger partial charge in [0.15, 0.2) is 5.96 Å². The van der Waals surface area contributed by atoms with E-state index in [1.165, 1.54) is 25.7 Å². The van der Waals surface area contributed by atoms with E-state index in [1.807, 2.05) is 11.9 Å². The zero-order chi connectivity index (χ0) is 19.8. The van der Waals surface area contributed by atoms with Gasteiger partial charge in [0, 0.05) is 70.3 Å². The average Bonchev–Trinajstić information content (AvgIpc) is 3.14. The number of carbonyl (C=O) groups is 1. The fraction of sp³-hybridized carbons (Fsp3) is 0.905. The summed E-state index contributed by atoms with van der Waals surface area (Å²) in [6.45, 7) is 7.86. The van der Waals surface area contributed by atoms with Crippen LogP contribution in [0.4, 0.5) is 0 Å². The van der Waals surface area contributed by atoms with Gasteiger partial charge in [0.2, 0.25) is 5.91 Å². The Morgan fingerprint density at radius 3 is 2.43 bits per heavy atom. The Bertz CT molecular complexity index is 645. The van der Waals surface area contributed by atoms with Crippen molar-refractivity contribution in [1.29, 1.82) is 0 Å². The molecule has 5 aliphatic rings. The first-order chi connectivity index (χ1) is 14.2. The molecule has 1 spiro atoms. The molecule has 0 aromatic carbocycles. The van der Waals surface area contributed by atoms with Crippen LogP contribution in [0.5, 0.6) is 0 Å². The minimum atomic E-state index is 0. The summed E-state index contributed by atoms with van der Waals surface area (Å²) in [5.74, 6) is 1.92. The molecule has 3 heterocycles. The van der Waals surface area contributed by atoms with Gasteiger partial charge in [0.05, 0.1) is 25.9 Å². The maximum absolute atomic E-state index is 12.5. The highest BCUT2D eigenvalue weighted by atomic mass is 127. The van der Waals surface area contributed by atoms with Gasteiger partial charge in [-0.05, 0) is 19.3 Å². The maximum Gasteiger partial charge on any atom is 0.236 e. The van der Waals surface area contributed by atoms with E-state index >= 15 is 0 Å². The molecule has 0 aromatic rings. The summed E-state index contributed by atoms with van der Waals surface area (Å²) in [6, 6.07) is 0.517. The van der Waals surface area contributed by atoms with Crippen LogP contribution in [0.25, 0.3) is 0 Å². The van der Waals surface area contributed by atoms with Crippen molar-refractivity contribution in [3.63, 3.8) is 0 Å². The lowest BCUT2D eigenvalue weighted by Crippen LogP contribution is -2.73. The molecular weight excluding hydrogens is 497 g/mol. The molecular formula is C21H36IN5O3. The molecule has 2 aliphatic carbocycles. The predicted octanol–water partition coefficient (Wildman–Crippen LogP) is 0.614. The number of aliphatic imine (C=N–C) groups is 1. The lowest BCUT2D eigenvalue weighted by molar-refractivity contribution is -0.171. The van der Waals surface area contributed by atoms with E-state index in [2.05, 4.69) is 20.1 Å². The Balaban J connectivity index is 0.00000218. The zero-order valence-corrected chi connectivity index (χ0v) is 20.4. The van der Waals surface area contributed by atoms with Crippen molar-refractivity contribution in [3.05, 3.63) is 0 Å². The maximum atomic E-state index is 12.5. The van der Waals surface area contributed by atoms with E-state index < -0.39 is 0 Å². The molecule has 1 amide bonds. The standard InChI is InChI=1S/C21H35N5O3.HI/c1-22-20(23-18-16-3-12-29-19(16)21(18)4-2-5-21)26-8-6-24(7-9-26)15-17(27)25-10-13-28-14-11-25;/h16,18-19H,2-15H2,1H3,(H,22,23);1H. The molecule has 5 rings (SSSR count). The summed E-state index contributed by atoms with van der Waals surface area (Å²) in [7, 11) is 1.89. The number of nitrogens with zero attached hydrogens (tertiary/aromatic N) is 4. The van der Waals surface area contributed by atoms with E-state index in [0.717, 1.165) is 51.8 Å². The number of fused-ring (bicyclic) bond motifs is 2. The molecule has 8 nitrogen and oxygen atoms in total. The number of hydrogen-bond donors (Lipinski definition) is 1. The third-order valence-electron chi connectivity index (χ3n) is 7.93. The quantitative estimate of drug-likeness (QED) is 0.326. The van der Waals surface area contributed by atoms with Gasteiger partial charge >= 0.3 is 0 Å². The normalized spacial score (nSPS) is 33.4. The number of ether oxygens (including phenoxy) is 2. The van der Waals surface area contributed by atoms with E-state index in [9.17, 15) is 4.79 Å². The summed E-state index contributed by atoms with van der Waals surface area (Å²) >= 11 is 0. The SMILES string of the molecule is CN=C(NC1C2CCOC2C12CCC2)N1CCN(CC(=O)N2CCOCC2)CC1.I. The van der Waals surface area contributed by atoms with Gasteiger partial charge in [-0.15, -0.1) is 24.0 Å². The van der Waals surface area contributed by atoms with Gasteiger partial charge in [0.25, 0.3) is 0 Å². The Morgan fingerprint density at radius 1 is 1.07 bits per heavy atom. The second-order valence-electron chi connectivity index (χ2n) is 9.26. The summed E-state index contributed by atoms with van der Waals surface area (Å²) in [4.78, 5) is 23.7. The fourth-order valence-electron chi connectivity index (χ4n) is 6.11. The Morgan fingerprint density at radius 2 is 1.80 bits per heavy atom. The van der Waals surface area contributed by atoms with Gasteiger partial charge in [-0.3, -0.25) is 14.7 Å². The van der Waals surface area contributed by atoms with Crippen LogP contribution in [0.2, 0.25) is 0 Å². The van der Waals surface area contributed by atoms with Crippen LogP contribution in [0.3, 0.4) is 0 Å². The Kier molecular flexibility index (Phi) is 7.11. The largest absolute Gasteiger partial charge is 0.378 e. The van der Waals surface area contributed by atoms with Gasteiger partial charge in [-0.25, -0.2) is 0 Å². The van der Waals surface area contributed by atoms with Crippen LogP contribution in [0.1, 0.15) is 25.7 Å². The van der Waals surface area contributed by atoms with Crippen LogP contribution in [0, 0.1) is 11.3 Å². The molecule has 0 radical (unpaired) electrons. The van der Waals surface area contributed by atoms with Crippen molar-refractivity contribution in [2.45, 2.75) is 37.8 Å². The number of hydrogen-bond acceptors (Lipinski definition) is 5. The Labute approximate surface area is 196 Å². The van der Waals surface area contributed by atoms with Crippen LogP contribution in [-0.4, -0.2) is 111 Å². The molecule has 3 aliphatic heterocycles. The fourth-order valence-corrected chi connectivity index (χ4v) is 6.11. The lowest BCUT2D eigenvalue weighted by Gasteiger charge is -2.63. The summed E-state index contributed by atoms with van der Waals surface area (Å²) in [5, 5.41) is 3.83. The molecule has 3 unspecified atom stereocenters. The molecule has 30 heavy (non-hydrogen) atoms. The van der Waals surface area contributed by atoms with Crippen molar-refractivity contribution in [3.8, 4) is 0 Å². The summed E-state index contributed by atoms with van der Waals surface area (Å²) < 4.78 is 11.4. The van der Waals surface area contributed by atoms with E-state index in [0.29, 0.717) is 43.2 Å². The number of carbonyl (C=O) groups excluding carboxylic acids is 1. The number of guanidine groups is 1. The average molecular weight is 533 g/mol. The first-order valence-electron chi connectivity index (χ1n) is 11.4. The lowest BCUT2D eigenvalue weighted by atomic mass is 9.46. The third kappa shape index (κ3) is 3.95. The molecule has 170 valence electrons. The predicted molar refractivity (Wildman–Crippen MR) is 125 cm³/mol. The highest BCUT2D eigenvalue weighted by molar-refractivity contribution is 14.0. The number of rotatable bonds is 3. The van der Waals surface area contributed by atoms with Crippen LogP contribution in [-0.2, 0) is 14.3 Å². The van der Waals surface area contributed by atoms with Crippen LogP contribution >= 0.6 is 24.0 Å². The second kappa shape index (κ2) is 9.46. The van der Waals surface area contributed by atoms with Crippen molar-refractivity contribution in [1.82, 2.24) is 20.0 Å². The summed E-state index contributed by atoms with van der Waals surface area (Å²) in [5.41, 5.74) is 0.365. The van der Waals surface area contributed by atoms with Gasteiger partial charge < -0.3 is 24.6 Å². The topological polar surface area (TPSA) is 69.6 Å². The van der Waals surface area contributed by atoms with Gasteiger partial charge in [-0.1, -0.05) is 6.42 Å². The molecule has 0 bridgehead atoms. The monoisotopic (exact) mass is 533 g/mol. The first-order valence-corrected chi connectivity index (χ1v) is 11.4. The number of piperazine rings is 1. The zero-order valence-electron chi connectivity index (χ0n) is 18.1. The van der Waals surface area contributed by atoms with Gasteiger partial charge in [-0.2, -0.15) is 0 Å². The number of halogens is 1. The molecule has 2 saturated carbocycles. The highest BCUT2D eigenvalue weighted by Crippen LogP contribution is 2.62. The molecule has 5 fully saturated rings. The highest BCUT2D eigenvalue weighted by Gasteiger charge is 2.66. The third-order valence-corrected chi connectivity index (χ3v) is 7.93. The Hall–Kier alpha value is -0.650. The molecule has 0 aromatic heterocycles. The molecule has 9 heteroatoms.